The number of nitrogens with zero attached hydrogens (tertiary/aromatic N) is 4. The molecule has 0 aromatic heterocycles. The summed E-state index contributed by atoms with van der Waals surface area (Å²) in [4.78, 5) is 230. The Morgan fingerprint density at radius 3 is 1.35 bits per heavy atom. The van der Waals surface area contributed by atoms with E-state index in [1.165, 1.54) is 14.7 Å². The maximum absolute atomic E-state index is 15.8. The summed E-state index contributed by atoms with van der Waals surface area (Å²) >= 11 is 0. The largest absolute Gasteiger partial charge is 0.481 e. The number of aliphatic hydroxyl groups is 2. The van der Waals surface area contributed by atoms with E-state index < -0.39 is 225 Å². The molecule has 2 saturated carbocycles. The van der Waals surface area contributed by atoms with Crippen molar-refractivity contribution < 1.29 is 97.1 Å². The summed E-state index contributed by atoms with van der Waals surface area (Å²) in [5.41, 5.74) is 25.9. The Hall–Kier alpha value is -10.2. The third-order valence-electron chi connectivity index (χ3n) is 23.6. The maximum Gasteiger partial charge on any atom is 0.303 e. The van der Waals surface area contributed by atoms with Gasteiger partial charge in [-0.2, -0.15) is 0 Å². The van der Waals surface area contributed by atoms with Crippen molar-refractivity contribution in [1.29, 1.82) is 0 Å². The van der Waals surface area contributed by atoms with Gasteiger partial charge in [0.2, 0.25) is 82.7 Å². The molecule has 0 bridgehead atoms. The Morgan fingerprint density at radius 1 is 0.445 bits per heavy atom. The van der Waals surface area contributed by atoms with E-state index in [2.05, 4.69) is 47.9 Å². The lowest BCUT2D eigenvalue weighted by Crippen LogP contribution is -2.62. The first kappa shape index (κ1) is 94.2. The smallest absolute Gasteiger partial charge is 0.303 e. The van der Waals surface area contributed by atoms with Crippen molar-refractivity contribution in [2.24, 2.45) is 46.6 Å². The lowest BCUT2D eigenvalue weighted by atomic mass is 9.84. The van der Waals surface area contributed by atoms with Crippen LogP contribution in [-0.4, -0.2) is 259 Å². The third-order valence-corrected chi connectivity index (χ3v) is 23.6. The van der Waals surface area contributed by atoms with Gasteiger partial charge in [-0.25, -0.2) is 0 Å². The second-order valence-electron chi connectivity index (χ2n) is 33.2. The topological polar surface area (TPSA) is 579 Å². The molecular formula is C82H123N17O20. The number of aliphatic hydroxyl groups excluding tert-OH is 2. The van der Waals surface area contributed by atoms with Crippen LogP contribution in [0.2, 0.25) is 0 Å². The van der Waals surface area contributed by atoms with Crippen LogP contribution in [-0.2, 0) is 103 Å². The van der Waals surface area contributed by atoms with E-state index in [4.69, 9.17) is 28.0 Å². The Balaban J connectivity index is 0.957. The van der Waals surface area contributed by atoms with E-state index in [1.807, 2.05) is 32.0 Å². The quantitative estimate of drug-likeness (QED) is 0.0311. The number of carbonyl (C=O) groups is 16. The molecule has 37 nitrogen and oxygen atoms in total. The highest BCUT2D eigenvalue weighted by Gasteiger charge is 2.54. The van der Waals surface area contributed by atoms with Crippen LogP contribution in [0, 0.1) is 23.7 Å². The number of primary amides is 1. The van der Waals surface area contributed by atoms with Crippen molar-refractivity contribution in [2.45, 2.75) is 279 Å². The molecule has 4 heterocycles. The summed E-state index contributed by atoms with van der Waals surface area (Å²) in [6.45, 7) is 4.33. The van der Waals surface area contributed by atoms with Gasteiger partial charge in [-0.3, -0.25) is 76.7 Å². The van der Waals surface area contributed by atoms with Gasteiger partial charge < -0.3 is 111 Å². The molecule has 6 aliphatic rings. The second kappa shape index (κ2) is 45.2. The van der Waals surface area contributed by atoms with E-state index in [0.29, 0.717) is 56.9 Å². The number of nitrogens with two attached hydrogens (primary N) is 4. The molecule has 119 heavy (non-hydrogen) atoms. The van der Waals surface area contributed by atoms with E-state index in [1.54, 1.807) is 49.1 Å². The van der Waals surface area contributed by atoms with Gasteiger partial charge in [-0.05, 0) is 162 Å². The van der Waals surface area contributed by atoms with Gasteiger partial charge in [0, 0.05) is 50.9 Å². The Morgan fingerprint density at radius 2 is 0.866 bits per heavy atom. The first-order valence-corrected chi connectivity index (χ1v) is 41.9. The van der Waals surface area contributed by atoms with Crippen molar-refractivity contribution in [3.8, 4) is 0 Å². The van der Waals surface area contributed by atoms with Crippen molar-refractivity contribution in [3.63, 3.8) is 0 Å². The number of carboxylic acids is 2. The lowest BCUT2D eigenvalue weighted by molar-refractivity contribution is -0.153. The summed E-state index contributed by atoms with van der Waals surface area (Å²) in [6.07, 6.45) is 5.88. The zero-order valence-corrected chi connectivity index (χ0v) is 68.6. The number of carboxylic acid groups (broad SMARTS) is 2. The normalized spacial score (nSPS) is 21.9. The van der Waals surface area contributed by atoms with Crippen LogP contribution in [0.1, 0.15) is 191 Å². The summed E-state index contributed by atoms with van der Waals surface area (Å²) in [5, 5.41) is 62.7. The van der Waals surface area contributed by atoms with Crippen LogP contribution in [0.25, 0.3) is 0 Å². The highest BCUT2D eigenvalue weighted by molar-refractivity contribution is 6.01. The minimum absolute atomic E-state index is 0.00616. The van der Waals surface area contributed by atoms with Crippen molar-refractivity contribution >= 4 is 94.6 Å². The van der Waals surface area contributed by atoms with E-state index in [0.717, 1.165) is 42.4 Å². The molecular weight excluding hydrogens is 1540 g/mol. The van der Waals surface area contributed by atoms with E-state index in [-0.39, 0.29) is 108 Å². The van der Waals surface area contributed by atoms with Crippen LogP contribution in [0.4, 0.5) is 0 Å². The van der Waals surface area contributed by atoms with Gasteiger partial charge in [0.05, 0.1) is 32.3 Å². The molecule has 14 amide bonds. The molecule has 21 N–H and O–H groups in total. The van der Waals surface area contributed by atoms with Crippen LogP contribution in [0.3, 0.4) is 0 Å². The predicted octanol–water partition coefficient (Wildman–Crippen LogP) is -2.28. The number of benzene rings is 2. The van der Waals surface area contributed by atoms with Crippen LogP contribution in [0.15, 0.2) is 48.5 Å². The van der Waals surface area contributed by atoms with Gasteiger partial charge in [-0.15, -0.1) is 0 Å². The summed E-state index contributed by atoms with van der Waals surface area (Å²) < 4.78 is 0. The van der Waals surface area contributed by atoms with Crippen LogP contribution in [0.5, 0.6) is 0 Å². The zero-order chi connectivity index (χ0) is 86.9. The number of rotatable bonds is 43. The lowest BCUT2D eigenvalue weighted by Gasteiger charge is -2.42. The number of carbonyl (C=O) groups excluding carboxylic acids is 14. The van der Waals surface area contributed by atoms with Gasteiger partial charge in [0.15, 0.2) is 0 Å². The summed E-state index contributed by atoms with van der Waals surface area (Å²) in [7, 11) is 0. The monoisotopic (exact) mass is 1670 g/mol. The van der Waals surface area contributed by atoms with Crippen LogP contribution < -0.4 is 70.8 Å². The highest BCUT2D eigenvalue weighted by Crippen LogP contribution is 2.43. The number of nitrogens with one attached hydrogen (secondary N) is 9. The fraction of sp³-hybridized carbons (Fsp3) is 0.659. The van der Waals surface area contributed by atoms with E-state index in [9.17, 15) is 77.6 Å². The molecule has 4 aliphatic heterocycles. The molecule has 0 spiro atoms. The molecule has 656 valence electrons. The fourth-order valence-corrected chi connectivity index (χ4v) is 17.4. The average molecular weight is 1670 g/mol. The maximum atomic E-state index is 15.8. The second-order valence-corrected chi connectivity index (χ2v) is 33.2. The van der Waals surface area contributed by atoms with Gasteiger partial charge >= 0.3 is 11.9 Å². The predicted molar refractivity (Wildman–Crippen MR) is 430 cm³/mol. The molecule has 0 unspecified atom stereocenters. The molecule has 2 saturated heterocycles. The Labute approximate surface area is 692 Å². The number of unbranched alkanes of at least 4 members (excludes halogenated alkanes) is 2. The Kier molecular flexibility index (Phi) is 35.8. The molecule has 2 aromatic rings. The molecule has 8 rings (SSSR count). The zero-order valence-electron chi connectivity index (χ0n) is 68.6. The van der Waals surface area contributed by atoms with Crippen molar-refractivity contribution in [1.82, 2.24) is 67.5 Å². The van der Waals surface area contributed by atoms with Crippen LogP contribution >= 0.6 is 0 Å². The molecule has 16 atom stereocenters. The van der Waals surface area contributed by atoms with Crippen molar-refractivity contribution in [3.05, 3.63) is 70.8 Å². The third kappa shape index (κ3) is 25.9. The number of hydrogen-bond acceptors (Lipinski definition) is 21. The van der Waals surface area contributed by atoms with Crippen molar-refractivity contribution in [2.75, 3.05) is 39.4 Å². The number of aliphatic carboxylic acids is 2. The average Bonchev–Trinajstić information content (AvgIpc) is 1.73. The number of hydrogen-bond donors (Lipinski definition) is 17. The fourth-order valence-electron chi connectivity index (χ4n) is 17.4. The first-order chi connectivity index (χ1) is 56.8. The summed E-state index contributed by atoms with van der Waals surface area (Å²) in [5.74, 6) is -14.2. The highest BCUT2D eigenvalue weighted by atomic mass is 16.4. The summed E-state index contributed by atoms with van der Waals surface area (Å²) in [6, 6.07) is -2.51. The van der Waals surface area contributed by atoms with Gasteiger partial charge in [-0.1, -0.05) is 102 Å². The molecule has 2 aromatic carbocycles. The minimum Gasteiger partial charge on any atom is -0.481 e. The molecule has 0 radical (unpaired) electrons. The van der Waals surface area contributed by atoms with Gasteiger partial charge in [0.25, 0.3) is 0 Å². The number of fused-ring (bicyclic) bond motifs is 4. The van der Waals surface area contributed by atoms with E-state index >= 15 is 14.4 Å². The minimum atomic E-state index is -1.63. The molecule has 2 aliphatic carbocycles. The Bertz CT molecular complexity index is 3960. The van der Waals surface area contributed by atoms with Gasteiger partial charge in [0.1, 0.15) is 66.5 Å². The molecule has 4 fully saturated rings. The standard InChI is InChI=1S/C82H123N17O20/c1-45(2)33-57(92-72(109)53(85)27-29-69(104)105)77(114)95-60(44-101)80(117)97-42-52-22-8-6-18-48(52)36-66(97)82(119)98-61-25-11-9-19-49(61)37-63(98)78(115)87-39-67(102)89-54(23-13-15-31-83)73(110)88-40-68(103)96-41-51-21-7-5-17-47(51)35-65(96)81(118)99-62-26-12-10-20-50(62)38-64(99)79(116)93-58(34-46(3)4)76(113)90-55(24-14-16-32-84)74(111)91-56(28-30-70(106)107)75(112)94-59(43-100)71(86)108/h5-8,17-18,21-22,45-46,49-50,53-66,100-101H,9-16,19-20,23-44,83-85H2,1-4H3,(H2,86,108)(H,87,115)(H,88,110)(H,89,102)(H,90,113)(H,91,111)(H,92,109)(H,93,116)(H,94,112)(H,95,114)(H,104,105)(H,106,107)/t49-,50-,53-,54-,55-,56-,57-,58-,59-,60-,61-,62-,63-,64-,65-,66-/m0/s1. The number of likely N-dealkylation sites (tertiary alicyclic amines) is 2. The first-order valence-electron chi connectivity index (χ1n) is 41.9. The number of amides is 14. The molecule has 37 heteroatoms. The SMILES string of the molecule is CC(C)C[C@H](NC(=O)[C@@H](N)CCC(=O)O)C(=O)N[C@@H](CO)C(=O)N1Cc2ccccc2C[C@H]1C(=O)N1[C@H](C(=O)NCC(=O)N[C@@H](CCCCN)C(=O)NCC(=O)N2Cc3ccccc3C[C@H]2C(=O)N2[C@H](C(=O)N[C@@H](CC(C)C)C(=O)N[C@@H](CCCCN)C(=O)N[C@@H](CCC(=O)O)C(=O)N[C@@H](CO)C(N)=O)C[C@@H]3CCCC[C@@H]32)C[C@@H]2CCCC[C@@H]21.